The van der Waals surface area contributed by atoms with Gasteiger partial charge < -0.3 is 10.1 Å². The van der Waals surface area contributed by atoms with Crippen molar-refractivity contribution in [2.45, 2.75) is 20.0 Å². The summed E-state index contributed by atoms with van der Waals surface area (Å²) in [6.07, 6.45) is 2.75. The lowest BCUT2D eigenvalue weighted by Gasteiger charge is -2.09. The van der Waals surface area contributed by atoms with E-state index in [4.69, 9.17) is 4.74 Å². The van der Waals surface area contributed by atoms with E-state index in [1.165, 1.54) is 6.07 Å². The van der Waals surface area contributed by atoms with Gasteiger partial charge in [0.15, 0.2) is 11.6 Å². The monoisotopic (exact) mass is 338 g/mol. The van der Waals surface area contributed by atoms with Crippen molar-refractivity contribution in [3.05, 3.63) is 52.4 Å². The summed E-state index contributed by atoms with van der Waals surface area (Å²) in [5.41, 5.74) is 0.945. The number of rotatable bonds is 6. The largest absolute Gasteiger partial charge is 0.486 e. The molecule has 1 heterocycles. The van der Waals surface area contributed by atoms with E-state index in [-0.39, 0.29) is 11.6 Å². The second kappa shape index (κ2) is 7.24. The Balaban J connectivity index is 1.99. The Morgan fingerprint density at radius 3 is 2.90 bits per heavy atom. The van der Waals surface area contributed by atoms with E-state index in [9.17, 15) is 4.39 Å². The van der Waals surface area contributed by atoms with Gasteiger partial charge >= 0.3 is 0 Å². The summed E-state index contributed by atoms with van der Waals surface area (Å²) in [6.45, 7) is 3.27. The second-order valence-electron chi connectivity index (χ2n) is 4.34. The van der Waals surface area contributed by atoms with E-state index in [1.54, 1.807) is 18.3 Å². The molecule has 0 atom stereocenters. The number of nitrogens with one attached hydrogen (secondary N) is 1. The topological polar surface area (TPSA) is 34.1 Å². The number of hydrogen-bond acceptors (Lipinski definition) is 3. The van der Waals surface area contributed by atoms with Crippen molar-refractivity contribution in [2.24, 2.45) is 0 Å². The number of halogens is 2. The summed E-state index contributed by atoms with van der Waals surface area (Å²) in [4.78, 5) is 4.21. The molecule has 0 radical (unpaired) electrons. The van der Waals surface area contributed by atoms with Crippen LogP contribution in [0.4, 0.5) is 10.2 Å². The van der Waals surface area contributed by atoms with Gasteiger partial charge in [0.25, 0.3) is 0 Å². The van der Waals surface area contributed by atoms with Crippen LogP contribution in [0.2, 0.25) is 0 Å². The minimum Gasteiger partial charge on any atom is -0.486 e. The molecule has 0 aliphatic heterocycles. The molecule has 5 heteroatoms. The number of hydrogen-bond donors (Lipinski definition) is 1. The third-order valence-corrected chi connectivity index (χ3v) is 3.16. The maximum absolute atomic E-state index is 13.6. The van der Waals surface area contributed by atoms with Crippen LogP contribution in [0.3, 0.4) is 0 Å². The highest BCUT2D eigenvalue weighted by Gasteiger charge is 2.04. The van der Waals surface area contributed by atoms with Crippen LogP contribution in [0.25, 0.3) is 0 Å². The summed E-state index contributed by atoms with van der Waals surface area (Å²) in [5, 5.41) is 3.20. The van der Waals surface area contributed by atoms with Crippen molar-refractivity contribution in [3.8, 4) is 5.75 Å². The Morgan fingerprint density at radius 2 is 2.15 bits per heavy atom. The zero-order valence-corrected chi connectivity index (χ0v) is 12.8. The molecule has 2 aromatic rings. The highest BCUT2D eigenvalue weighted by atomic mass is 79.9. The number of pyridine rings is 1. The van der Waals surface area contributed by atoms with E-state index < -0.39 is 0 Å². The van der Waals surface area contributed by atoms with Crippen LogP contribution < -0.4 is 10.1 Å². The molecule has 2 rings (SSSR count). The van der Waals surface area contributed by atoms with Gasteiger partial charge in [0.2, 0.25) is 0 Å². The molecule has 3 nitrogen and oxygen atoms in total. The van der Waals surface area contributed by atoms with E-state index in [0.717, 1.165) is 24.3 Å². The number of benzene rings is 1. The molecule has 0 unspecified atom stereocenters. The van der Waals surface area contributed by atoms with Crippen LogP contribution in [0, 0.1) is 5.82 Å². The minimum atomic E-state index is -0.377. The number of anilines is 1. The van der Waals surface area contributed by atoms with Gasteiger partial charge in [0.1, 0.15) is 12.4 Å². The van der Waals surface area contributed by atoms with Crippen LogP contribution in [0.15, 0.2) is 41.0 Å². The van der Waals surface area contributed by atoms with Crippen LogP contribution >= 0.6 is 15.9 Å². The summed E-state index contributed by atoms with van der Waals surface area (Å²) < 4.78 is 19.8. The lowest BCUT2D eigenvalue weighted by atomic mass is 10.2. The Hall–Kier alpha value is -1.62. The average Bonchev–Trinajstić information content (AvgIpc) is 2.45. The minimum absolute atomic E-state index is 0.244. The van der Waals surface area contributed by atoms with Crippen molar-refractivity contribution in [1.29, 1.82) is 0 Å². The fourth-order valence-corrected chi connectivity index (χ4v) is 2.00. The van der Waals surface area contributed by atoms with Crippen LogP contribution in [-0.2, 0) is 6.61 Å². The quantitative estimate of drug-likeness (QED) is 0.848. The van der Waals surface area contributed by atoms with E-state index >= 15 is 0 Å². The Bertz CT molecular complexity index is 578. The molecule has 106 valence electrons. The highest BCUT2D eigenvalue weighted by molar-refractivity contribution is 9.10. The zero-order valence-electron chi connectivity index (χ0n) is 11.2. The summed E-state index contributed by atoms with van der Waals surface area (Å²) in [7, 11) is 0. The van der Waals surface area contributed by atoms with Gasteiger partial charge in [-0.15, -0.1) is 0 Å². The van der Waals surface area contributed by atoms with Crippen molar-refractivity contribution >= 4 is 21.7 Å². The molecule has 0 aliphatic rings. The fourth-order valence-electron chi connectivity index (χ4n) is 1.67. The Morgan fingerprint density at radius 1 is 1.30 bits per heavy atom. The predicted molar refractivity (Wildman–Crippen MR) is 81.4 cm³/mol. The van der Waals surface area contributed by atoms with Gasteiger partial charge in [-0.1, -0.05) is 22.9 Å². The molecule has 1 N–H and O–H groups in total. The zero-order chi connectivity index (χ0) is 14.4. The number of ether oxygens (including phenoxy) is 1. The smallest absolute Gasteiger partial charge is 0.166 e. The molecule has 1 aromatic heterocycles. The predicted octanol–water partition coefficient (Wildman–Crippen LogP) is 4.38. The van der Waals surface area contributed by atoms with E-state index in [2.05, 4.69) is 33.2 Å². The second-order valence-corrected chi connectivity index (χ2v) is 5.26. The first-order chi connectivity index (χ1) is 9.69. The van der Waals surface area contributed by atoms with Gasteiger partial charge in [-0.25, -0.2) is 9.37 Å². The van der Waals surface area contributed by atoms with Gasteiger partial charge in [0.05, 0.1) is 0 Å². The lowest BCUT2D eigenvalue weighted by Crippen LogP contribution is -2.03. The molecule has 0 fully saturated rings. The van der Waals surface area contributed by atoms with Crippen molar-refractivity contribution in [2.75, 3.05) is 11.9 Å². The third-order valence-electron chi connectivity index (χ3n) is 2.67. The standard InChI is InChI=1S/C15H16BrFN2O/c1-2-6-18-15-8-11(5-7-19-15)10-20-14-4-3-12(16)9-13(14)17/h3-5,7-9H,2,6,10H2,1H3,(H,18,19). The van der Waals surface area contributed by atoms with Crippen LogP contribution in [0.1, 0.15) is 18.9 Å². The molecular weight excluding hydrogens is 323 g/mol. The lowest BCUT2D eigenvalue weighted by molar-refractivity contribution is 0.290. The van der Waals surface area contributed by atoms with Crippen molar-refractivity contribution in [1.82, 2.24) is 4.98 Å². The first kappa shape index (κ1) is 14.8. The van der Waals surface area contributed by atoms with E-state index in [1.807, 2.05) is 12.1 Å². The fraction of sp³-hybridized carbons (Fsp3) is 0.267. The SMILES string of the molecule is CCCNc1cc(COc2ccc(Br)cc2F)ccn1. The number of aromatic nitrogens is 1. The normalized spacial score (nSPS) is 10.3. The van der Waals surface area contributed by atoms with Gasteiger partial charge in [-0.2, -0.15) is 0 Å². The Labute approximate surface area is 126 Å². The Kier molecular flexibility index (Phi) is 5.35. The molecule has 0 saturated heterocycles. The molecule has 1 aromatic carbocycles. The van der Waals surface area contributed by atoms with Crippen molar-refractivity contribution < 1.29 is 9.13 Å². The van der Waals surface area contributed by atoms with Crippen LogP contribution in [0.5, 0.6) is 5.75 Å². The van der Waals surface area contributed by atoms with E-state index in [0.29, 0.717) is 11.1 Å². The molecule has 0 spiro atoms. The summed E-state index contributed by atoms with van der Waals surface area (Å²) in [5.74, 6) is 0.676. The summed E-state index contributed by atoms with van der Waals surface area (Å²) >= 11 is 3.21. The van der Waals surface area contributed by atoms with Crippen molar-refractivity contribution in [3.63, 3.8) is 0 Å². The molecule has 20 heavy (non-hydrogen) atoms. The average molecular weight is 339 g/mol. The maximum Gasteiger partial charge on any atom is 0.166 e. The molecule has 0 bridgehead atoms. The maximum atomic E-state index is 13.6. The third kappa shape index (κ3) is 4.20. The summed E-state index contributed by atoms with van der Waals surface area (Å²) in [6, 6.07) is 8.51. The van der Waals surface area contributed by atoms with Gasteiger partial charge in [0, 0.05) is 17.2 Å². The molecule has 0 aliphatic carbocycles. The molecular formula is C15H16BrFN2O. The van der Waals surface area contributed by atoms with Crippen LogP contribution in [-0.4, -0.2) is 11.5 Å². The highest BCUT2D eigenvalue weighted by Crippen LogP contribution is 2.22. The van der Waals surface area contributed by atoms with Gasteiger partial charge in [-0.05, 0) is 42.3 Å². The first-order valence-electron chi connectivity index (χ1n) is 6.45. The molecule has 0 amide bonds. The van der Waals surface area contributed by atoms with Gasteiger partial charge in [-0.3, -0.25) is 0 Å². The molecule has 0 saturated carbocycles. The number of nitrogens with zero attached hydrogens (tertiary/aromatic N) is 1. The first-order valence-corrected chi connectivity index (χ1v) is 7.25.